The van der Waals surface area contributed by atoms with Crippen LogP contribution in [0.4, 0.5) is 0 Å². The van der Waals surface area contributed by atoms with Gasteiger partial charge in [0.25, 0.3) is 5.91 Å². The Morgan fingerprint density at radius 1 is 1.21 bits per heavy atom. The molecule has 1 aliphatic carbocycles. The normalized spacial score (nSPS) is 27.0. The maximum absolute atomic E-state index is 13.1. The SMILES string of the molecule is CCC[C@@H]1CCC(N=C2NC(=O)C(C)(CC3CCN(C(=O)c4cccc(OCCNC(C)=O)c4)CC3)S2)C1. The van der Waals surface area contributed by atoms with Gasteiger partial charge in [-0.05, 0) is 75.5 Å². The van der Waals surface area contributed by atoms with Gasteiger partial charge in [-0.3, -0.25) is 19.4 Å². The van der Waals surface area contributed by atoms with Gasteiger partial charge in [0.2, 0.25) is 11.8 Å². The maximum atomic E-state index is 13.1. The van der Waals surface area contributed by atoms with Crippen molar-refractivity contribution < 1.29 is 19.1 Å². The van der Waals surface area contributed by atoms with Crippen LogP contribution < -0.4 is 15.4 Å². The zero-order chi connectivity index (χ0) is 27.1. The molecule has 0 aromatic heterocycles. The van der Waals surface area contributed by atoms with E-state index in [-0.39, 0.29) is 17.7 Å². The highest BCUT2D eigenvalue weighted by atomic mass is 32.2. The monoisotopic (exact) mass is 542 g/mol. The molecule has 38 heavy (non-hydrogen) atoms. The van der Waals surface area contributed by atoms with Crippen LogP contribution in [0.1, 0.15) is 82.5 Å². The van der Waals surface area contributed by atoms with Gasteiger partial charge in [-0.2, -0.15) is 0 Å². The summed E-state index contributed by atoms with van der Waals surface area (Å²) in [5.41, 5.74) is 0.604. The van der Waals surface area contributed by atoms with Gasteiger partial charge in [-0.25, -0.2) is 0 Å². The van der Waals surface area contributed by atoms with Crippen LogP contribution in [0, 0.1) is 11.8 Å². The molecular weight excluding hydrogens is 500 g/mol. The van der Waals surface area contributed by atoms with Crippen LogP contribution in [-0.2, 0) is 9.59 Å². The second-order valence-electron chi connectivity index (χ2n) is 11.1. The molecule has 0 radical (unpaired) electrons. The first-order chi connectivity index (χ1) is 18.3. The number of carbonyl (C=O) groups is 3. The Kier molecular flexibility index (Phi) is 9.74. The summed E-state index contributed by atoms with van der Waals surface area (Å²) in [6.45, 7) is 7.88. The third kappa shape index (κ3) is 7.52. The summed E-state index contributed by atoms with van der Waals surface area (Å²) in [4.78, 5) is 43.9. The fourth-order valence-corrected chi connectivity index (χ4v) is 7.13. The highest BCUT2D eigenvalue weighted by Gasteiger charge is 2.45. The van der Waals surface area contributed by atoms with Crippen molar-refractivity contribution in [3.63, 3.8) is 0 Å². The summed E-state index contributed by atoms with van der Waals surface area (Å²) in [5.74, 6) is 1.76. The zero-order valence-corrected chi connectivity index (χ0v) is 23.8. The average Bonchev–Trinajstić information content (AvgIpc) is 3.44. The van der Waals surface area contributed by atoms with Crippen molar-refractivity contribution in [1.29, 1.82) is 0 Å². The fourth-order valence-electron chi connectivity index (χ4n) is 5.90. The number of hydrogen-bond donors (Lipinski definition) is 2. The number of amidine groups is 1. The van der Waals surface area contributed by atoms with Crippen LogP contribution in [0.25, 0.3) is 0 Å². The fraction of sp³-hybridized carbons (Fsp3) is 0.655. The summed E-state index contributed by atoms with van der Waals surface area (Å²) < 4.78 is 5.18. The molecule has 1 aromatic carbocycles. The maximum Gasteiger partial charge on any atom is 0.253 e. The number of benzene rings is 1. The van der Waals surface area contributed by atoms with Crippen molar-refractivity contribution in [1.82, 2.24) is 15.5 Å². The van der Waals surface area contributed by atoms with Crippen LogP contribution in [0.3, 0.4) is 0 Å². The van der Waals surface area contributed by atoms with Gasteiger partial charge in [0, 0.05) is 25.6 Å². The highest BCUT2D eigenvalue weighted by Crippen LogP contribution is 2.41. The molecular formula is C29H42N4O4S. The predicted molar refractivity (Wildman–Crippen MR) is 151 cm³/mol. The highest BCUT2D eigenvalue weighted by molar-refractivity contribution is 8.16. The molecule has 2 N–H and O–H groups in total. The molecule has 4 rings (SSSR count). The van der Waals surface area contributed by atoms with Crippen molar-refractivity contribution in [2.24, 2.45) is 16.8 Å². The second-order valence-corrected chi connectivity index (χ2v) is 12.6. The van der Waals surface area contributed by atoms with E-state index >= 15 is 0 Å². The van der Waals surface area contributed by atoms with Crippen molar-refractivity contribution in [3.8, 4) is 5.75 Å². The number of nitrogens with one attached hydrogen (secondary N) is 2. The number of thioether (sulfide) groups is 1. The Bertz CT molecular complexity index is 1040. The Labute approximate surface area is 230 Å². The Balaban J connectivity index is 1.25. The number of nitrogens with zero attached hydrogens (tertiary/aromatic N) is 2. The van der Waals surface area contributed by atoms with Gasteiger partial charge in [-0.15, -0.1) is 0 Å². The lowest BCUT2D eigenvalue weighted by Crippen LogP contribution is -2.41. The Morgan fingerprint density at radius 3 is 2.74 bits per heavy atom. The van der Waals surface area contributed by atoms with Gasteiger partial charge in [-0.1, -0.05) is 37.6 Å². The van der Waals surface area contributed by atoms with E-state index in [1.807, 2.05) is 30.0 Å². The standard InChI is InChI=1S/C29H42N4O4S/c1-4-6-21-9-10-24(17-21)31-28-32-27(36)29(3,38-28)19-22-11-14-33(15-12-22)26(35)23-7-5-8-25(18-23)37-16-13-30-20(2)34/h5,7-8,18,21-22,24H,4,6,9-17,19H2,1-3H3,(H,30,34)(H,31,32,36)/t21-,24?,29?/m1/s1. The van der Waals surface area contributed by atoms with Gasteiger partial charge in [0.05, 0.1) is 17.3 Å². The lowest BCUT2D eigenvalue weighted by Gasteiger charge is -2.34. The molecule has 3 atom stereocenters. The summed E-state index contributed by atoms with van der Waals surface area (Å²) in [6, 6.07) is 7.55. The van der Waals surface area contributed by atoms with E-state index in [2.05, 4.69) is 17.6 Å². The third-order valence-electron chi connectivity index (χ3n) is 7.94. The molecule has 1 aromatic rings. The average molecular weight is 543 g/mol. The summed E-state index contributed by atoms with van der Waals surface area (Å²) in [7, 11) is 0. The second kappa shape index (κ2) is 13.0. The van der Waals surface area contributed by atoms with E-state index in [1.54, 1.807) is 17.8 Å². The predicted octanol–water partition coefficient (Wildman–Crippen LogP) is 4.39. The molecule has 3 aliphatic rings. The smallest absolute Gasteiger partial charge is 0.253 e. The number of likely N-dealkylation sites (tertiary alicyclic amines) is 1. The molecule has 8 nitrogen and oxygen atoms in total. The van der Waals surface area contributed by atoms with Crippen LogP contribution in [0.2, 0.25) is 0 Å². The number of carbonyl (C=O) groups excluding carboxylic acids is 3. The molecule has 1 saturated carbocycles. The van der Waals surface area contributed by atoms with E-state index in [1.165, 1.54) is 26.2 Å². The summed E-state index contributed by atoms with van der Waals surface area (Å²) in [5, 5.41) is 6.55. The molecule has 2 heterocycles. The third-order valence-corrected chi connectivity index (χ3v) is 9.14. The lowest BCUT2D eigenvalue weighted by molar-refractivity contribution is -0.121. The number of hydrogen-bond acceptors (Lipinski definition) is 6. The van der Waals surface area contributed by atoms with Crippen LogP contribution in [0.15, 0.2) is 29.3 Å². The van der Waals surface area contributed by atoms with Crippen LogP contribution in [0.5, 0.6) is 5.75 Å². The molecule has 208 valence electrons. The van der Waals surface area contributed by atoms with Crippen molar-refractivity contribution >= 4 is 34.7 Å². The molecule has 2 saturated heterocycles. The summed E-state index contributed by atoms with van der Waals surface area (Å²) >= 11 is 1.60. The zero-order valence-electron chi connectivity index (χ0n) is 23.0. The van der Waals surface area contributed by atoms with Crippen molar-refractivity contribution in [2.45, 2.75) is 82.9 Å². The first-order valence-corrected chi connectivity index (χ1v) is 14.9. The van der Waals surface area contributed by atoms with Crippen LogP contribution in [-0.4, -0.2) is 64.8 Å². The number of amides is 3. The van der Waals surface area contributed by atoms with E-state index in [4.69, 9.17) is 9.73 Å². The van der Waals surface area contributed by atoms with Gasteiger partial charge in [0.1, 0.15) is 12.4 Å². The number of ether oxygens (including phenoxy) is 1. The number of aliphatic imine (C=N–C) groups is 1. The molecule has 0 bridgehead atoms. The first-order valence-electron chi connectivity index (χ1n) is 14.1. The molecule has 2 unspecified atom stereocenters. The van der Waals surface area contributed by atoms with Gasteiger partial charge >= 0.3 is 0 Å². The minimum absolute atomic E-state index is 0.00215. The topological polar surface area (TPSA) is 100 Å². The van der Waals surface area contributed by atoms with E-state index in [9.17, 15) is 14.4 Å². The van der Waals surface area contributed by atoms with Crippen LogP contribution >= 0.6 is 11.8 Å². The first kappa shape index (κ1) is 28.5. The van der Waals surface area contributed by atoms with E-state index in [0.29, 0.717) is 49.5 Å². The Hall–Kier alpha value is -2.55. The minimum Gasteiger partial charge on any atom is -0.492 e. The largest absolute Gasteiger partial charge is 0.492 e. The molecule has 3 amide bonds. The minimum atomic E-state index is -0.500. The molecule has 3 fully saturated rings. The molecule has 2 aliphatic heterocycles. The Morgan fingerprint density at radius 2 is 2.00 bits per heavy atom. The van der Waals surface area contributed by atoms with Gasteiger partial charge in [0.15, 0.2) is 5.17 Å². The van der Waals surface area contributed by atoms with Crippen molar-refractivity contribution in [2.75, 3.05) is 26.2 Å². The lowest BCUT2D eigenvalue weighted by atomic mass is 9.87. The quantitative estimate of drug-likeness (QED) is 0.427. The number of piperidine rings is 1. The van der Waals surface area contributed by atoms with Crippen molar-refractivity contribution in [3.05, 3.63) is 29.8 Å². The number of rotatable bonds is 10. The molecule has 9 heteroatoms. The van der Waals surface area contributed by atoms with E-state index < -0.39 is 4.75 Å². The molecule has 0 spiro atoms. The summed E-state index contributed by atoms with van der Waals surface area (Å²) in [6.07, 6.45) is 8.58. The van der Waals surface area contributed by atoms with E-state index in [0.717, 1.165) is 43.2 Å². The van der Waals surface area contributed by atoms with Gasteiger partial charge < -0.3 is 20.3 Å².